The van der Waals surface area contributed by atoms with Crippen molar-refractivity contribution in [2.24, 2.45) is 0 Å². The largest absolute Gasteiger partial charge is 0.478 e. The van der Waals surface area contributed by atoms with Gasteiger partial charge in [0.05, 0.1) is 16.3 Å². The van der Waals surface area contributed by atoms with E-state index in [4.69, 9.17) is 22.4 Å². The van der Waals surface area contributed by atoms with Gasteiger partial charge in [-0.1, -0.05) is 11.6 Å². The summed E-state index contributed by atoms with van der Waals surface area (Å²) >= 11 is 9.19. The van der Waals surface area contributed by atoms with Crippen molar-refractivity contribution in [3.05, 3.63) is 50.7 Å². The Morgan fingerprint density at radius 2 is 2.05 bits per heavy atom. The zero-order valence-electron chi connectivity index (χ0n) is 10.9. The molecule has 0 saturated carbocycles. The smallest absolute Gasteiger partial charge is 0.337 e. The number of halogens is 3. The van der Waals surface area contributed by atoms with E-state index in [1.165, 1.54) is 12.1 Å². The summed E-state index contributed by atoms with van der Waals surface area (Å²) < 4.78 is 13.6. The van der Waals surface area contributed by atoms with Crippen LogP contribution in [-0.2, 0) is 0 Å². The van der Waals surface area contributed by atoms with Gasteiger partial charge in [-0.3, -0.25) is 0 Å². The number of carboxylic acids is 1. The maximum absolute atomic E-state index is 13.2. The number of nitrogens with two attached hydrogens (primary N) is 1. The van der Waals surface area contributed by atoms with Crippen molar-refractivity contribution in [1.82, 2.24) is 0 Å². The van der Waals surface area contributed by atoms with Gasteiger partial charge in [-0.15, -0.1) is 0 Å². The summed E-state index contributed by atoms with van der Waals surface area (Å²) in [7, 11) is 0. The van der Waals surface area contributed by atoms with Crippen LogP contribution < -0.4 is 11.1 Å². The lowest BCUT2D eigenvalue weighted by Gasteiger charge is -2.14. The molecule has 0 aromatic heterocycles. The van der Waals surface area contributed by atoms with E-state index >= 15 is 0 Å². The van der Waals surface area contributed by atoms with Gasteiger partial charge < -0.3 is 16.2 Å². The molecule has 0 aliphatic carbocycles. The minimum atomic E-state index is -1.12. The maximum atomic E-state index is 13.2. The number of aryl methyl sites for hydroxylation is 1. The summed E-state index contributed by atoms with van der Waals surface area (Å²) in [5.74, 6) is -1.60. The van der Waals surface area contributed by atoms with Gasteiger partial charge in [-0.05, 0) is 52.7 Å². The lowest BCUT2D eigenvalue weighted by atomic mass is 10.1. The molecule has 0 amide bonds. The molecule has 0 spiro atoms. The van der Waals surface area contributed by atoms with Crippen LogP contribution in [0.2, 0.25) is 5.02 Å². The fourth-order valence-electron chi connectivity index (χ4n) is 1.85. The molecule has 0 heterocycles. The van der Waals surface area contributed by atoms with Gasteiger partial charge in [0.2, 0.25) is 0 Å². The van der Waals surface area contributed by atoms with Crippen molar-refractivity contribution in [1.29, 1.82) is 0 Å². The first-order chi connectivity index (χ1) is 9.79. The summed E-state index contributed by atoms with van der Waals surface area (Å²) in [4.78, 5) is 11.2. The van der Waals surface area contributed by atoms with Gasteiger partial charge in [0, 0.05) is 15.8 Å². The lowest BCUT2D eigenvalue weighted by Crippen LogP contribution is -2.06. The molecule has 0 aliphatic rings. The second-order valence-corrected chi connectivity index (χ2v) is 5.69. The molecule has 2 rings (SSSR count). The Hall–Kier alpha value is -1.79. The van der Waals surface area contributed by atoms with Gasteiger partial charge in [-0.2, -0.15) is 0 Å². The van der Waals surface area contributed by atoms with Crippen LogP contribution in [0.3, 0.4) is 0 Å². The Bertz CT molecular complexity index is 714. The SMILES string of the molecule is Cc1cc(Nc2c(Cl)cc(F)cc2Br)cc(C(=O)O)c1N. The molecule has 110 valence electrons. The Morgan fingerprint density at radius 1 is 1.38 bits per heavy atom. The Labute approximate surface area is 133 Å². The predicted molar refractivity (Wildman–Crippen MR) is 84.9 cm³/mol. The second kappa shape index (κ2) is 5.91. The molecule has 0 unspecified atom stereocenters. The minimum absolute atomic E-state index is 0.00754. The predicted octanol–water partition coefficient (Wildman–Crippen LogP) is 4.57. The highest BCUT2D eigenvalue weighted by Crippen LogP contribution is 2.35. The molecule has 2 aromatic carbocycles. The quantitative estimate of drug-likeness (QED) is 0.689. The van der Waals surface area contributed by atoms with Crippen molar-refractivity contribution >= 4 is 50.6 Å². The fourth-order valence-corrected chi connectivity index (χ4v) is 2.75. The third-order valence-corrected chi connectivity index (χ3v) is 3.82. The number of benzene rings is 2. The van der Waals surface area contributed by atoms with E-state index in [9.17, 15) is 9.18 Å². The molecule has 0 fully saturated rings. The van der Waals surface area contributed by atoms with Gasteiger partial charge in [0.25, 0.3) is 0 Å². The molecule has 4 nitrogen and oxygen atoms in total. The average Bonchev–Trinajstić information content (AvgIpc) is 2.37. The third kappa shape index (κ3) is 3.28. The highest BCUT2D eigenvalue weighted by Gasteiger charge is 2.14. The van der Waals surface area contributed by atoms with E-state index in [0.29, 0.717) is 21.4 Å². The second-order valence-electron chi connectivity index (χ2n) is 4.43. The highest BCUT2D eigenvalue weighted by atomic mass is 79.9. The van der Waals surface area contributed by atoms with E-state index in [1.807, 2.05) is 0 Å². The molecule has 0 bridgehead atoms. The lowest BCUT2D eigenvalue weighted by molar-refractivity contribution is 0.0698. The first-order valence-electron chi connectivity index (χ1n) is 5.84. The Morgan fingerprint density at radius 3 is 2.62 bits per heavy atom. The minimum Gasteiger partial charge on any atom is -0.478 e. The summed E-state index contributed by atoms with van der Waals surface area (Å²) in [6, 6.07) is 5.51. The van der Waals surface area contributed by atoms with E-state index in [0.717, 1.165) is 6.07 Å². The van der Waals surface area contributed by atoms with Crippen molar-refractivity contribution in [2.45, 2.75) is 6.92 Å². The van der Waals surface area contributed by atoms with Gasteiger partial charge >= 0.3 is 5.97 Å². The van der Waals surface area contributed by atoms with E-state index in [-0.39, 0.29) is 16.3 Å². The van der Waals surface area contributed by atoms with Crippen LogP contribution in [0.5, 0.6) is 0 Å². The van der Waals surface area contributed by atoms with Crippen molar-refractivity contribution in [3.63, 3.8) is 0 Å². The van der Waals surface area contributed by atoms with Crippen molar-refractivity contribution < 1.29 is 14.3 Å². The van der Waals surface area contributed by atoms with Gasteiger partial charge in [0.1, 0.15) is 5.82 Å². The molecule has 0 aliphatic heterocycles. The molecule has 0 radical (unpaired) electrons. The first-order valence-corrected chi connectivity index (χ1v) is 7.01. The van der Waals surface area contributed by atoms with Crippen molar-refractivity contribution in [2.75, 3.05) is 11.1 Å². The van der Waals surface area contributed by atoms with Gasteiger partial charge in [0.15, 0.2) is 0 Å². The number of hydrogen-bond acceptors (Lipinski definition) is 3. The molecule has 7 heteroatoms. The number of nitrogens with one attached hydrogen (secondary N) is 1. The zero-order valence-corrected chi connectivity index (χ0v) is 13.2. The Kier molecular flexibility index (Phi) is 4.39. The number of carboxylic acid groups (broad SMARTS) is 1. The maximum Gasteiger partial charge on any atom is 0.337 e. The summed E-state index contributed by atoms with van der Waals surface area (Å²) in [5.41, 5.74) is 7.48. The standard InChI is InChI=1S/C14H11BrClFN2O2/c1-6-2-8(5-9(12(6)18)14(20)21)19-13-10(15)3-7(17)4-11(13)16/h2-5,19H,18H2,1H3,(H,20,21). The number of rotatable bonds is 3. The molecule has 2 aromatic rings. The molecule has 4 N–H and O–H groups in total. The van der Waals surface area contributed by atoms with E-state index in [2.05, 4.69) is 21.2 Å². The monoisotopic (exact) mass is 372 g/mol. The molecule has 0 saturated heterocycles. The number of nitrogen functional groups attached to an aromatic ring is 1. The van der Waals surface area contributed by atoms with Crippen molar-refractivity contribution in [3.8, 4) is 0 Å². The fraction of sp³-hybridized carbons (Fsp3) is 0.0714. The first kappa shape index (κ1) is 15.6. The van der Waals surface area contributed by atoms with Crippen LogP contribution in [0.15, 0.2) is 28.7 Å². The highest BCUT2D eigenvalue weighted by molar-refractivity contribution is 9.10. The van der Waals surface area contributed by atoms with E-state index in [1.54, 1.807) is 13.0 Å². The number of hydrogen-bond donors (Lipinski definition) is 3. The molecule has 0 atom stereocenters. The van der Waals surface area contributed by atoms with Crippen LogP contribution in [-0.4, -0.2) is 11.1 Å². The number of aromatic carboxylic acids is 1. The summed E-state index contributed by atoms with van der Waals surface area (Å²) in [6.45, 7) is 1.70. The van der Waals surface area contributed by atoms with E-state index < -0.39 is 11.8 Å². The third-order valence-electron chi connectivity index (χ3n) is 2.89. The van der Waals surface area contributed by atoms with Crippen LogP contribution in [0.25, 0.3) is 0 Å². The topological polar surface area (TPSA) is 75.3 Å². The molecular weight excluding hydrogens is 363 g/mol. The number of carbonyl (C=O) groups is 1. The Balaban J connectivity index is 2.48. The van der Waals surface area contributed by atoms with Crippen LogP contribution in [0, 0.1) is 12.7 Å². The van der Waals surface area contributed by atoms with Gasteiger partial charge in [-0.25, -0.2) is 9.18 Å². The summed E-state index contributed by atoms with van der Waals surface area (Å²) in [5, 5.41) is 12.3. The number of anilines is 3. The summed E-state index contributed by atoms with van der Waals surface area (Å²) in [6.07, 6.45) is 0. The normalized spacial score (nSPS) is 10.5. The zero-order chi connectivity index (χ0) is 15.7. The van der Waals surface area contributed by atoms with Crippen LogP contribution >= 0.6 is 27.5 Å². The van der Waals surface area contributed by atoms with Crippen LogP contribution in [0.4, 0.5) is 21.5 Å². The molecule has 21 heavy (non-hydrogen) atoms. The molecular formula is C14H11BrClFN2O2. The average molecular weight is 374 g/mol. The van der Waals surface area contributed by atoms with Crippen LogP contribution in [0.1, 0.15) is 15.9 Å².